The third kappa shape index (κ3) is 4.09. The Morgan fingerprint density at radius 2 is 2.18 bits per heavy atom. The molecule has 0 saturated carbocycles. The van der Waals surface area contributed by atoms with Crippen molar-refractivity contribution in [2.24, 2.45) is 0 Å². The van der Waals surface area contributed by atoms with Crippen LogP contribution < -0.4 is 11.2 Å². The third-order valence-electron chi connectivity index (χ3n) is 3.56. The van der Waals surface area contributed by atoms with Gasteiger partial charge in [-0.2, -0.15) is 0 Å². The first kappa shape index (κ1) is 16.5. The monoisotopic (exact) mass is 306 g/mol. The molecular weight excluding hydrogens is 284 g/mol. The zero-order valence-electron chi connectivity index (χ0n) is 13.1. The fourth-order valence-electron chi connectivity index (χ4n) is 2.47. The lowest BCUT2D eigenvalue weighted by molar-refractivity contribution is -0.139. The molecule has 1 atom stereocenters. The van der Waals surface area contributed by atoms with Crippen LogP contribution in [0.25, 0.3) is 0 Å². The number of terminal acetylenes is 1. The molecule has 1 aromatic rings. The lowest BCUT2D eigenvalue weighted by Crippen LogP contribution is -2.41. The Morgan fingerprint density at radius 1 is 1.41 bits per heavy atom. The summed E-state index contributed by atoms with van der Waals surface area (Å²) in [5, 5.41) is 0. The minimum atomic E-state index is -0.627. The fourth-order valence-corrected chi connectivity index (χ4v) is 2.47. The number of hydrogen-bond acceptors (Lipinski definition) is 4. The predicted molar refractivity (Wildman–Crippen MR) is 82.6 cm³/mol. The van der Waals surface area contributed by atoms with Gasteiger partial charge in [-0.15, -0.1) is 12.3 Å². The minimum Gasteiger partial charge on any atom is -0.348 e. The van der Waals surface area contributed by atoms with Gasteiger partial charge in [-0.1, -0.05) is 0 Å². The number of unbranched alkanes of at least 4 members (excludes halogenated alkanes) is 2. The first-order valence-electron chi connectivity index (χ1n) is 7.48. The van der Waals surface area contributed by atoms with Crippen LogP contribution in [0.4, 0.5) is 0 Å². The Hall–Kier alpha value is -1.84. The van der Waals surface area contributed by atoms with Gasteiger partial charge < -0.3 is 9.47 Å². The zero-order valence-corrected chi connectivity index (χ0v) is 13.1. The SMILES string of the molecule is C#CCCCCn1c(=O)ccn(CC2COC(C)(C)O2)c1=O. The molecule has 0 bridgehead atoms. The van der Waals surface area contributed by atoms with Crippen LogP contribution in [-0.2, 0) is 22.6 Å². The van der Waals surface area contributed by atoms with Crippen LogP contribution in [-0.4, -0.2) is 27.6 Å². The highest BCUT2D eigenvalue weighted by atomic mass is 16.7. The quantitative estimate of drug-likeness (QED) is 0.580. The molecule has 6 heteroatoms. The second-order valence-electron chi connectivity index (χ2n) is 5.85. The first-order valence-corrected chi connectivity index (χ1v) is 7.48. The van der Waals surface area contributed by atoms with Crippen molar-refractivity contribution < 1.29 is 9.47 Å². The van der Waals surface area contributed by atoms with Crippen molar-refractivity contribution in [3.63, 3.8) is 0 Å². The molecule has 1 saturated heterocycles. The smallest absolute Gasteiger partial charge is 0.331 e. The Balaban J connectivity index is 2.08. The minimum absolute atomic E-state index is 0.194. The maximum absolute atomic E-state index is 12.4. The van der Waals surface area contributed by atoms with Crippen molar-refractivity contribution in [1.29, 1.82) is 0 Å². The van der Waals surface area contributed by atoms with Crippen LogP contribution in [0.1, 0.15) is 33.1 Å². The summed E-state index contributed by atoms with van der Waals surface area (Å²) in [6.45, 7) is 4.85. The van der Waals surface area contributed by atoms with Crippen molar-refractivity contribution in [2.75, 3.05) is 6.61 Å². The standard InChI is InChI=1S/C16H22N2O4/c1-4-5-6-7-9-18-14(19)8-10-17(15(18)20)11-13-12-21-16(2,3)22-13/h1,8,10,13H,5-7,9,11-12H2,2-3H3. The fraction of sp³-hybridized carbons (Fsp3) is 0.625. The summed E-state index contributed by atoms with van der Waals surface area (Å²) >= 11 is 0. The van der Waals surface area contributed by atoms with E-state index in [1.807, 2.05) is 13.8 Å². The van der Waals surface area contributed by atoms with Gasteiger partial charge in [-0.05, 0) is 26.7 Å². The molecule has 0 spiro atoms. The van der Waals surface area contributed by atoms with E-state index in [1.165, 1.54) is 21.4 Å². The van der Waals surface area contributed by atoms with Crippen LogP contribution in [0.3, 0.4) is 0 Å². The second-order valence-corrected chi connectivity index (χ2v) is 5.85. The van der Waals surface area contributed by atoms with Crippen molar-refractivity contribution in [1.82, 2.24) is 9.13 Å². The van der Waals surface area contributed by atoms with E-state index >= 15 is 0 Å². The molecule has 6 nitrogen and oxygen atoms in total. The van der Waals surface area contributed by atoms with E-state index < -0.39 is 5.79 Å². The van der Waals surface area contributed by atoms with Crippen LogP contribution in [0.15, 0.2) is 21.9 Å². The van der Waals surface area contributed by atoms with E-state index in [1.54, 1.807) is 0 Å². The molecule has 2 heterocycles. The van der Waals surface area contributed by atoms with E-state index in [0.29, 0.717) is 32.5 Å². The van der Waals surface area contributed by atoms with Gasteiger partial charge in [0.15, 0.2) is 5.79 Å². The number of nitrogens with zero attached hydrogens (tertiary/aromatic N) is 2. The van der Waals surface area contributed by atoms with Crippen LogP contribution >= 0.6 is 0 Å². The van der Waals surface area contributed by atoms with Gasteiger partial charge in [0.05, 0.1) is 13.2 Å². The van der Waals surface area contributed by atoms with Gasteiger partial charge in [0, 0.05) is 25.2 Å². The van der Waals surface area contributed by atoms with Crippen molar-refractivity contribution in [3.05, 3.63) is 33.1 Å². The Labute approximate surface area is 129 Å². The summed E-state index contributed by atoms with van der Waals surface area (Å²) in [4.78, 5) is 24.2. The second kappa shape index (κ2) is 6.95. The molecule has 1 aliphatic heterocycles. The predicted octanol–water partition coefficient (Wildman–Crippen LogP) is 0.965. The number of rotatable bonds is 6. The number of hydrogen-bond donors (Lipinski definition) is 0. The maximum atomic E-state index is 12.4. The van der Waals surface area contributed by atoms with Crippen molar-refractivity contribution >= 4 is 0 Å². The summed E-state index contributed by atoms with van der Waals surface area (Å²) in [5.41, 5.74) is -0.604. The van der Waals surface area contributed by atoms with Gasteiger partial charge in [0.25, 0.3) is 5.56 Å². The summed E-state index contributed by atoms with van der Waals surface area (Å²) in [6, 6.07) is 1.41. The van der Waals surface area contributed by atoms with Gasteiger partial charge in [-0.25, -0.2) is 4.79 Å². The Bertz CT molecular complexity index is 666. The van der Waals surface area contributed by atoms with Crippen molar-refractivity contribution in [2.45, 2.75) is 58.1 Å². The zero-order chi connectivity index (χ0) is 16.2. The first-order chi connectivity index (χ1) is 10.4. The van der Waals surface area contributed by atoms with E-state index in [9.17, 15) is 9.59 Å². The number of aromatic nitrogens is 2. The normalized spacial score (nSPS) is 20.0. The van der Waals surface area contributed by atoms with Crippen LogP contribution in [0, 0.1) is 12.3 Å². The molecule has 2 rings (SSSR count). The largest absolute Gasteiger partial charge is 0.348 e. The summed E-state index contributed by atoms with van der Waals surface area (Å²) in [5.74, 6) is 1.92. The maximum Gasteiger partial charge on any atom is 0.331 e. The molecule has 0 radical (unpaired) electrons. The molecule has 120 valence electrons. The van der Waals surface area contributed by atoms with Gasteiger partial charge in [0.1, 0.15) is 6.10 Å². The summed E-state index contributed by atoms with van der Waals surface area (Å²) in [7, 11) is 0. The topological polar surface area (TPSA) is 62.5 Å². The van der Waals surface area contributed by atoms with E-state index in [4.69, 9.17) is 15.9 Å². The molecule has 1 aromatic heterocycles. The average Bonchev–Trinajstić information content (AvgIpc) is 2.80. The average molecular weight is 306 g/mol. The summed E-state index contributed by atoms with van der Waals surface area (Å²) in [6.07, 6.45) is 8.67. The highest BCUT2D eigenvalue weighted by Crippen LogP contribution is 2.22. The molecular formula is C16H22N2O4. The van der Waals surface area contributed by atoms with Crippen molar-refractivity contribution in [3.8, 4) is 12.3 Å². The van der Waals surface area contributed by atoms with Gasteiger partial charge in [0.2, 0.25) is 0 Å². The Kier molecular flexibility index (Phi) is 5.22. The number of ether oxygens (including phenoxy) is 2. The molecule has 1 unspecified atom stereocenters. The highest BCUT2D eigenvalue weighted by molar-refractivity contribution is 4.88. The third-order valence-corrected chi connectivity index (χ3v) is 3.56. The lowest BCUT2D eigenvalue weighted by Gasteiger charge is -2.17. The molecule has 1 aliphatic rings. The molecule has 0 aliphatic carbocycles. The van der Waals surface area contributed by atoms with Crippen LogP contribution in [0.2, 0.25) is 0 Å². The molecule has 0 amide bonds. The Morgan fingerprint density at radius 3 is 2.82 bits per heavy atom. The lowest BCUT2D eigenvalue weighted by atomic mass is 10.2. The highest BCUT2D eigenvalue weighted by Gasteiger charge is 2.32. The van der Waals surface area contributed by atoms with Gasteiger partial charge >= 0.3 is 5.69 Å². The molecule has 0 N–H and O–H groups in total. The van der Waals surface area contributed by atoms with E-state index in [2.05, 4.69) is 5.92 Å². The molecule has 22 heavy (non-hydrogen) atoms. The van der Waals surface area contributed by atoms with E-state index in [-0.39, 0.29) is 17.4 Å². The molecule has 1 fully saturated rings. The van der Waals surface area contributed by atoms with E-state index in [0.717, 1.165) is 6.42 Å². The molecule has 0 aromatic carbocycles. The van der Waals surface area contributed by atoms with Crippen LogP contribution in [0.5, 0.6) is 0 Å². The van der Waals surface area contributed by atoms with Gasteiger partial charge in [-0.3, -0.25) is 13.9 Å². The summed E-state index contributed by atoms with van der Waals surface area (Å²) < 4.78 is 13.9.